The van der Waals surface area contributed by atoms with Gasteiger partial charge in [0.1, 0.15) is 11.4 Å². The Bertz CT molecular complexity index is 1390. The number of carbonyl (C=O) groups excluding carboxylic acids is 1. The normalized spacial score (nSPS) is 13.2. The molecule has 1 heterocycles. The Kier molecular flexibility index (Phi) is 6.50. The molecule has 0 fully saturated rings. The molecule has 0 atom stereocenters. The lowest BCUT2D eigenvalue weighted by Gasteiger charge is -2.14. The van der Waals surface area contributed by atoms with Gasteiger partial charge in [-0.3, -0.25) is 14.7 Å². The van der Waals surface area contributed by atoms with Crippen molar-refractivity contribution in [2.45, 2.75) is 24.7 Å². The average Bonchev–Trinajstić information content (AvgIpc) is 3.06. The number of nitrogens with zero attached hydrogens (tertiary/aromatic N) is 1. The second-order valence-corrected chi connectivity index (χ2v) is 7.32. The number of benzene rings is 2. The summed E-state index contributed by atoms with van der Waals surface area (Å²) < 4.78 is 171. The number of hydrogen-bond donors (Lipinski definition) is 1. The topological polar surface area (TPSA) is 54.9 Å². The zero-order valence-corrected chi connectivity index (χ0v) is 17.1. The maximum absolute atomic E-state index is 13.8. The molecular weight excluding hydrogens is 547 g/mol. The number of halogens is 13. The molecule has 0 radical (unpaired) electrons. The fraction of sp³-hybridized carbons (Fsp3) is 0.200. The van der Waals surface area contributed by atoms with Crippen molar-refractivity contribution < 1.29 is 61.9 Å². The molecule has 0 saturated carbocycles. The Balaban J connectivity index is 2.43. The predicted molar refractivity (Wildman–Crippen MR) is 97.2 cm³/mol. The molecule has 2 aromatic carbocycles. The number of ketones is 1. The molecule has 200 valence electrons. The van der Waals surface area contributed by atoms with Crippen LogP contribution >= 0.6 is 0 Å². The van der Waals surface area contributed by atoms with E-state index in [9.17, 15) is 66.7 Å². The van der Waals surface area contributed by atoms with Crippen LogP contribution in [0.2, 0.25) is 0 Å². The summed E-state index contributed by atoms with van der Waals surface area (Å²) in [6.07, 6.45) is -22.1. The summed E-state index contributed by atoms with van der Waals surface area (Å²) in [6, 6.07) is -0.476. The van der Waals surface area contributed by atoms with Crippen molar-refractivity contribution in [3.8, 4) is 16.9 Å². The lowest BCUT2D eigenvalue weighted by Crippen LogP contribution is -2.29. The number of aromatic amines is 1. The smallest absolute Gasteiger partial charge is 0.290 e. The van der Waals surface area contributed by atoms with Crippen molar-refractivity contribution in [3.05, 3.63) is 74.8 Å². The van der Waals surface area contributed by atoms with Gasteiger partial charge < -0.3 is 0 Å². The summed E-state index contributed by atoms with van der Waals surface area (Å²) in [5.41, 5.74) is -14.1. The fourth-order valence-corrected chi connectivity index (χ4v) is 3.15. The van der Waals surface area contributed by atoms with Crippen molar-refractivity contribution in [1.29, 1.82) is 0 Å². The second-order valence-electron chi connectivity index (χ2n) is 7.32. The number of hydrogen-bond acceptors (Lipinski definition) is 2. The van der Waals surface area contributed by atoms with Gasteiger partial charge in [-0.1, -0.05) is 0 Å². The van der Waals surface area contributed by atoms with Gasteiger partial charge in [0, 0.05) is 5.56 Å². The van der Waals surface area contributed by atoms with Crippen LogP contribution in [0.4, 0.5) is 57.1 Å². The quantitative estimate of drug-likeness (QED) is 0.287. The second kappa shape index (κ2) is 8.65. The number of Topliss-reactive ketones (excluding diaryl/α,β-unsaturated/α-hetero) is 1. The van der Waals surface area contributed by atoms with Gasteiger partial charge in [0.05, 0.1) is 28.1 Å². The van der Waals surface area contributed by atoms with Crippen LogP contribution in [0.3, 0.4) is 0 Å². The van der Waals surface area contributed by atoms with Crippen molar-refractivity contribution in [1.82, 2.24) is 9.78 Å². The first kappa shape index (κ1) is 27.8. The van der Waals surface area contributed by atoms with Gasteiger partial charge in [-0.25, -0.2) is 9.07 Å². The maximum atomic E-state index is 13.8. The van der Waals surface area contributed by atoms with Gasteiger partial charge in [-0.15, -0.1) is 0 Å². The molecule has 0 unspecified atom stereocenters. The first-order valence-corrected chi connectivity index (χ1v) is 9.25. The Morgan fingerprint density at radius 3 is 1.57 bits per heavy atom. The van der Waals surface area contributed by atoms with E-state index in [4.69, 9.17) is 0 Å². The van der Waals surface area contributed by atoms with Crippen molar-refractivity contribution in [2.75, 3.05) is 0 Å². The van der Waals surface area contributed by atoms with Gasteiger partial charge in [-0.05, 0) is 36.4 Å². The molecule has 0 aliphatic heterocycles. The van der Waals surface area contributed by atoms with Crippen LogP contribution < -0.4 is 5.56 Å². The third-order valence-electron chi connectivity index (χ3n) is 4.72. The third kappa shape index (κ3) is 5.64. The van der Waals surface area contributed by atoms with Gasteiger partial charge >= 0.3 is 24.7 Å². The summed E-state index contributed by atoms with van der Waals surface area (Å²) in [4.78, 5) is 24.6. The first-order valence-electron chi connectivity index (χ1n) is 9.25. The molecule has 0 amide bonds. The number of aromatic nitrogens is 2. The van der Waals surface area contributed by atoms with E-state index in [0.29, 0.717) is 0 Å². The van der Waals surface area contributed by atoms with E-state index in [-0.39, 0.29) is 35.0 Å². The molecule has 1 aromatic heterocycles. The minimum atomic E-state index is -5.90. The molecule has 4 nitrogen and oxygen atoms in total. The standard InChI is InChI=1S/C20H7F13N2O2/c21-11-4-10(19(28,29)30)5-12(6-11)35-16(37)13(15(36)20(31,32)33)14(34-35)7-1-8(17(22,23)24)3-9(2-7)18(25,26)27/h1-6,34H. The molecule has 0 aliphatic rings. The molecule has 0 saturated heterocycles. The lowest BCUT2D eigenvalue weighted by molar-refractivity contribution is -0.143. The minimum absolute atomic E-state index is 0.0416. The van der Waals surface area contributed by atoms with Crippen LogP contribution in [0.15, 0.2) is 41.2 Å². The Labute approximate surface area is 194 Å². The Morgan fingerprint density at radius 2 is 1.14 bits per heavy atom. The van der Waals surface area contributed by atoms with Crippen LogP contribution in [-0.4, -0.2) is 21.7 Å². The molecule has 0 spiro atoms. The van der Waals surface area contributed by atoms with E-state index in [1.54, 1.807) is 5.10 Å². The highest BCUT2D eigenvalue weighted by atomic mass is 19.4. The largest absolute Gasteiger partial charge is 0.455 e. The van der Waals surface area contributed by atoms with Gasteiger partial charge in [-0.2, -0.15) is 52.7 Å². The van der Waals surface area contributed by atoms with Crippen LogP contribution in [0, 0.1) is 5.82 Å². The van der Waals surface area contributed by atoms with Crippen LogP contribution in [0.5, 0.6) is 0 Å². The van der Waals surface area contributed by atoms with Gasteiger partial charge in [0.25, 0.3) is 11.3 Å². The fourth-order valence-electron chi connectivity index (χ4n) is 3.15. The summed E-state index contributed by atoms with van der Waals surface area (Å²) in [5.74, 6) is -4.71. The molecule has 0 bridgehead atoms. The van der Waals surface area contributed by atoms with Crippen molar-refractivity contribution >= 4 is 5.78 Å². The summed E-state index contributed by atoms with van der Waals surface area (Å²) in [5, 5.41) is 1.61. The SMILES string of the molecule is O=C(c1c(-c2cc(C(F)(F)F)cc(C(F)(F)F)c2)[nH]n(-c2cc(F)cc(C(F)(F)F)c2)c1=O)C(F)(F)F. The van der Waals surface area contributed by atoms with E-state index in [1.165, 1.54) is 0 Å². The van der Waals surface area contributed by atoms with E-state index >= 15 is 0 Å². The highest BCUT2D eigenvalue weighted by Crippen LogP contribution is 2.39. The Hall–Kier alpha value is -3.79. The highest BCUT2D eigenvalue weighted by Gasteiger charge is 2.44. The number of carbonyl (C=O) groups is 1. The zero-order chi connectivity index (χ0) is 28.3. The van der Waals surface area contributed by atoms with Crippen LogP contribution in [-0.2, 0) is 18.5 Å². The van der Waals surface area contributed by atoms with Crippen molar-refractivity contribution in [3.63, 3.8) is 0 Å². The summed E-state index contributed by atoms with van der Waals surface area (Å²) >= 11 is 0. The summed E-state index contributed by atoms with van der Waals surface area (Å²) in [6.45, 7) is 0. The van der Waals surface area contributed by atoms with Crippen molar-refractivity contribution in [2.24, 2.45) is 0 Å². The first-order chi connectivity index (χ1) is 16.6. The monoisotopic (exact) mass is 554 g/mol. The number of nitrogens with one attached hydrogen (secondary N) is 1. The average molecular weight is 554 g/mol. The third-order valence-corrected chi connectivity index (χ3v) is 4.72. The molecule has 3 rings (SSSR count). The van der Waals surface area contributed by atoms with E-state index in [1.807, 2.05) is 0 Å². The van der Waals surface area contributed by atoms with Crippen LogP contribution in [0.1, 0.15) is 27.0 Å². The molecule has 17 heteroatoms. The molecule has 3 aromatic rings. The minimum Gasteiger partial charge on any atom is -0.290 e. The van der Waals surface area contributed by atoms with E-state index in [2.05, 4.69) is 0 Å². The maximum Gasteiger partial charge on any atom is 0.455 e. The molecular formula is C20H7F13N2O2. The van der Waals surface area contributed by atoms with E-state index < -0.39 is 87.1 Å². The molecule has 0 aliphatic carbocycles. The summed E-state index contributed by atoms with van der Waals surface area (Å²) in [7, 11) is 0. The number of rotatable bonds is 3. The lowest BCUT2D eigenvalue weighted by atomic mass is 9.99. The van der Waals surface area contributed by atoms with Crippen LogP contribution in [0.25, 0.3) is 16.9 Å². The van der Waals surface area contributed by atoms with Gasteiger partial charge in [0.2, 0.25) is 0 Å². The zero-order valence-electron chi connectivity index (χ0n) is 17.1. The predicted octanol–water partition coefficient (Wildman–Crippen LogP) is 6.77. The molecule has 37 heavy (non-hydrogen) atoms. The number of H-pyrrole nitrogens is 1. The highest BCUT2D eigenvalue weighted by molar-refractivity contribution is 6.04. The van der Waals surface area contributed by atoms with E-state index in [0.717, 1.165) is 0 Å². The number of alkyl halides is 12. The van der Waals surface area contributed by atoms with Gasteiger partial charge in [0.15, 0.2) is 0 Å². The Morgan fingerprint density at radius 1 is 0.676 bits per heavy atom. The molecule has 1 N–H and O–H groups in total.